The van der Waals surface area contributed by atoms with Crippen LogP contribution in [0, 0.1) is 0 Å². The average Bonchev–Trinajstić information content (AvgIpc) is 3.24. The molecule has 0 aromatic carbocycles. The van der Waals surface area contributed by atoms with Gasteiger partial charge >= 0.3 is 19.8 Å². The predicted octanol–water partition coefficient (Wildman–Crippen LogP) is 8.94. The van der Waals surface area contributed by atoms with Crippen molar-refractivity contribution in [2.45, 2.75) is 211 Å². The number of aliphatic hydroxyl groups is 5. The lowest BCUT2D eigenvalue weighted by Gasteiger charge is -2.41. The van der Waals surface area contributed by atoms with Crippen molar-refractivity contribution in [2.75, 3.05) is 13.2 Å². The molecule has 0 aliphatic heterocycles. The monoisotopic (exact) mass is 885 g/mol. The standard InChI is InChI=1S/C47H81O13P/c1-3-5-7-9-11-13-15-17-18-19-20-21-22-24-25-27-29-31-33-35-40(48)57-37-39(38-58-61(55,56)60-47-45(53)43(51)42(50)44(52)46(47)54)59-41(49)36-34-32-30-28-26-23-16-14-12-10-8-6-4-2/h5,7,11,13,17-18,20-21,24-25,39,42-47,50-54H,3-4,6,8-10,12,14-16,19,22-23,26-38H2,1-2H3,(H,55,56)/t39-,42?,43-,44?,45?,46?,47?/m1/s1. The molecule has 352 valence electrons. The predicted molar refractivity (Wildman–Crippen MR) is 239 cm³/mol. The average molecular weight is 885 g/mol. The van der Waals surface area contributed by atoms with E-state index in [1.807, 2.05) is 0 Å². The summed E-state index contributed by atoms with van der Waals surface area (Å²) >= 11 is 0. The highest BCUT2D eigenvalue weighted by Crippen LogP contribution is 2.47. The minimum Gasteiger partial charge on any atom is -0.462 e. The topological polar surface area (TPSA) is 210 Å². The van der Waals surface area contributed by atoms with Gasteiger partial charge in [-0.05, 0) is 57.8 Å². The molecule has 1 saturated carbocycles. The number of rotatable bonds is 37. The van der Waals surface area contributed by atoms with E-state index < -0.39 is 75.7 Å². The van der Waals surface area contributed by atoms with E-state index >= 15 is 0 Å². The quantitative estimate of drug-likeness (QED) is 0.0149. The molecule has 0 heterocycles. The Labute approximate surface area is 366 Å². The highest BCUT2D eigenvalue weighted by atomic mass is 31.2. The van der Waals surface area contributed by atoms with E-state index in [1.165, 1.54) is 51.4 Å². The van der Waals surface area contributed by atoms with E-state index in [0.717, 1.165) is 77.0 Å². The summed E-state index contributed by atoms with van der Waals surface area (Å²) < 4.78 is 33.5. The fourth-order valence-electron chi connectivity index (χ4n) is 6.67. The van der Waals surface area contributed by atoms with Gasteiger partial charge in [0.25, 0.3) is 0 Å². The first-order chi connectivity index (χ1) is 29.4. The number of ether oxygens (including phenoxy) is 2. The summed E-state index contributed by atoms with van der Waals surface area (Å²) in [5, 5.41) is 50.1. The van der Waals surface area contributed by atoms with Crippen LogP contribution in [0.25, 0.3) is 0 Å². The van der Waals surface area contributed by atoms with Crippen molar-refractivity contribution in [3.8, 4) is 0 Å². The lowest BCUT2D eigenvalue weighted by Crippen LogP contribution is -2.64. The molecule has 1 aliphatic carbocycles. The molecule has 1 aliphatic rings. The van der Waals surface area contributed by atoms with Gasteiger partial charge in [0, 0.05) is 12.8 Å². The first-order valence-electron chi connectivity index (χ1n) is 23.1. The molecular formula is C47H81O13P. The Morgan fingerprint density at radius 1 is 0.525 bits per heavy atom. The fourth-order valence-corrected chi connectivity index (χ4v) is 7.64. The van der Waals surface area contributed by atoms with E-state index in [4.69, 9.17) is 18.5 Å². The molecule has 14 heteroatoms. The maximum Gasteiger partial charge on any atom is 0.472 e. The Kier molecular flexibility index (Phi) is 34.3. The summed E-state index contributed by atoms with van der Waals surface area (Å²) in [6.45, 7) is 3.15. The van der Waals surface area contributed by atoms with Crippen LogP contribution in [0.4, 0.5) is 0 Å². The Morgan fingerprint density at radius 3 is 1.43 bits per heavy atom. The molecule has 0 amide bonds. The van der Waals surface area contributed by atoms with E-state index in [2.05, 4.69) is 74.6 Å². The number of unbranched alkanes of at least 4 members (excludes halogenated alkanes) is 15. The largest absolute Gasteiger partial charge is 0.472 e. The minimum absolute atomic E-state index is 0.0892. The van der Waals surface area contributed by atoms with E-state index in [9.17, 15) is 44.6 Å². The van der Waals surface area contributed by atoms with Crippen LogP contribution in [0.2, 0.25) is 0 Å². The third-order valence-electron chi connectivity index (χ3n) is 10.4. The van der Waals surface area contributed by atoms with Crippen molar-refractivity contribution in [1.82, 2.24) is 0 Å². The second kappa shape index (κ2) is 37.0. The van der Waals surface area contributed by atoms with Crippen molar-refractivity contribution < 1.29 is 63.1 Å². The summed E-state index contributed by atoms with van der Waals surface area (Å²) in [6, 6.07) is 0. The maximum absolute atomic E-state index is 12.8. The van der Waals surface area contributed by atoms with Crippen LogP contribution in [0.1, 0.15) is 168 Å². The molecule has 61 heavy (non-hydrogen) atoms. The molecule has 0 aromatic rings. The number of aliphatic hydroxyl groups excluding tert-OH is 5. The molecular weight excluding hydrogens is 803 g/mol. The minimum atomic E-state index is -5.13. The molecule has 6 N–H and O–H groups in total. The highest BCUT2D eigenvalue weighted by Gasteiger charge is 2.51. The van der Waals surface area contributed by atoms with Crippen LogP contribution in [-0.4, -0.2) is 98.3 Å². The van der Waals surface area contributed by atoms with Crippen LogP contribution in [0.15, 0.2) is 60.8 Å². The van der Waals surface area contributed by atoms with Gasteiger partial charge in [-0.1, -0.05) is 158 Å². The lowest BCUT2D eigenvalue weighted by molar-refractivity contribution is -0.220. The van der Waals surface area contributed by atoms with Gasteiger partial charge in [-0.3, -0.25) is 18.6 Å². The summed E-state index contributed by atoms with van der Waals surface area (Å²) in [7, 11) is -5.13. The zero-order chi connectivity index (χ0) is 45.0. The summed E-state index contributed by atoms with van der Waals surface area (Å²) in [5.74, 6) is -1.14. The van der Waals surface area contributed by atoms with Crippen molar-refractivity contribution in [3.63, 3.8) is 0 Å². The number of phosphoric ester groups is 1. The number of allylic oxidation sites excluding steroid dienone is 10. The van der Waals surface area contributed by atoms with Gasteiger partial charge in [0.2, 0.25) is 0 Å². The van der Waals surface area contributed by atoms with Crippen LogP contribution >= 0.6 is 7.82 Å². The highest BCUT2D eigenvalue weighted by molar-refractivity contribution is 7.47. The molecule has 1 rings (SSSR count). The second-order valence-electron chi connectivity index (χ2n) is 15.9. The van der Waals surface area contributed by atoms with Gasteiger partial charge in [-0.25, -0.2) is 4.57 Å². The van der Waals surface area contributed by atoms with Crippen LogP contribution < -0.4 is 0 Å². The van der Waals surface area contributed by atoms with E-state index in [0.29, 0.717) is 12.8 Å². The lowest BCUT2D eigenvalue weighted by atomic mass is 9.85. The number of phosphoric acid groups is 1. The smallest absolute Gasteiger partial charge is 0.462 e. The van der Waals surface area contributed by atoms with Gasteiger partial charge in [0.05, 0.1) is 6.61 Å². The molecule has 8 atom stereocenters. The van der Waals surface area contributed by atoms with E-state index in [-0.39, 0.29) is 12.8 Å². The van der Waals surface area contributed by atoms with Gasteiger partial charge in [0.15, 0.2) is 6.10 Å². The first kappa shape index (κ1) is 56.6. The number of hydrogen-bond acceptors (Lipinski definition) is 12. The maximum atomic E-state index is 12.8. The van der Waals surface area contributed by atoms with Gasteiger partial charge in [0.1, 0.15) is 43.2 Å². The summed E-state index contributed by atoms with van der Waals surface area (Å²) in [4.78, 5) is 35.7. The van der Waals surface area contributed by atoms with E-state index in [1.54, 1.807) is 0 Å². The second-order valence-corrected chi connectivity index (χ2v) is 17.3. The third kappa shape index (κ3) is 29.5. The molecule has 1 fully saturated rings. The van der Waals surface area contributed by atoms with Crippen molar-refractivity contribution >= 4 is 19.8 Å². The summed E-state index contributed by atoms with van der Waals surface area (Å²) in [6.07, 6.45) is 31.3. The van der Waals surface area contributed by atoms with Crippen molar-refractivity contribution in [1.29, 1.82) is 0 Å². The molecule has 13 nitrogen and oxygen atoms in total. The SMILES string of the molecule is CCC=CCC=CCC=CCC=CCC=CCCCCCC(=O)OC[C@H](COP(=O)(O)OC1C(O)C(O)C(O)[C@@H](O)C1O)OC(=O)CCCCCCCCCCCCCCC. The Hall–Kier alpha value is -2.45. The molecule has 0 spiro atoms. The number of esters is 2. The molecule has 0 bridgehead atoms. The zero-order valence-electron chi connectivity index (χ0n) is 37.2. The number of carbonyl (C=O) groups is 2. The molecule has 0 saturated heterocycles. The Balaban J connectivity index is 2.48. The number of hydrogen-bond donors (Lipinski definition) is 6. The van der Waals surface area contributed by atoms with Gasteiger partial charge in [-0.15, -0.1) is 0 Å². The Bertz CT molecular complexity index is 1300. The summed E-state index contributed by atoms with van der Waals surface area (Å²) in [5.41, 5.74) is 0. The Morgan fingerprint density at radius 2 is 0.934 bits per heavy atom. The van der Waals surface area contributed by atoms with Crippen molar-refractivity contribution in [3.05, 3.63) is 60.8 Å². The number of carbonyl (C=O) groups excluding carboxylic acids is 2. The molecule has 6 unspecified atom stereocenters. The zero-order valence-corrected chi connectivity index (χ0v) is 38.1. The third-order valence-corrected chi connectivity index (χ3v) is 11.4. The van der Waals surface area contributed by atoms with Crippen molar-refractivity contribution in [2.24, 2.45) is 0 Å². The molecule has 0 radical (unpaired) electrons. The van der Waals surface area contributed by atoms with Gasteiger partial charge < -0.3 is 39.9 Å². The van der Waals surface area contributed by atoms with Crippen LogP contribution in [0.3, 0.4) is 0 Å². The fraction of sp³-hybridized carbons (Fsp3) is 0.745. The molecule has 0 aromatic heterocycles. The first-order valence-corrected chi connectivity index (χ1v) is 24.6. The normalized spacial score (nSPS) is 22.6. The van der Waals surface area contributed by atoms with Gasteiger partial charge in [-0.2, -0.15) is 0 Å². The van der Waals surface area contributed by atoms with Crippen LogP contribution in [-0.2, 0) is 32.7 Å². The van der Waals surface area contributed by atoms with Crippen LogP contribution in [0.5, 0.6) is 0 Å².